The molecule has 0 saturated heterocycles. The maximum Gasteiger partial charge on any atom is 0.343 e. The van der Waals surface area contributed by atoms with E-state index >= 15 is 0 Å². The summed E-state index contributed by atoms with van der Waals surface area (Å²) in [4.78, 5) is 33.8. The first kappa shape index (κ1) is 20.1. The van der Waals surface area contributed by atoms with Crippen LogP contribution < -0.4 is 5.56 Å². The van der Waals surface area contributed by atoms with Crippen molar-refractivity contribution in [3.05, 3.63) is 40.1 Å². The molecule has 0 spiro atoms. The van der Waals surface area contributed by atoms with Gasteiger partial charge in [0.2, 0.25) is 11.1 Å². The molecule has 30 heavy (non-hydrogen) atoms. The summed E-state index contributed by atoms with van der Waals surface area (Å²) in [5.41, 5.74) is 1.31. The van der Waals surface area contributed by atoms with E-state index in [-0.39, 0.29) is 11.1 Å². The van der Waals surface area contributed by atoms with Gasteiger partial charge in [-0.15, -0.1) is 5.10 Å². The molecule has 0 fully saturated rings. The van der Waals surface area contributed by atoms with E-state index in [2.05, 4.69) is 39.1 Å². The van der Waals surface area contributed by atoms with Gasteiger partial charge in [0.15, 0.2) is 5.65 Å². The second-order valence-electron chi connectivity index (χ2n) is 7.21. The summed E-state index contributed by atoms with van der Waals surface area (Å²) in [6, 6.07) is 1.73. The van der Waals surface area contributed by atoms with Crippen molar-refractivity contribution < 1.29 is 9.53 Å². The zero-order valence-electron chi connectivity index (χ0n) is 17.0. The molecule has 0 bridgehead atoms. The highest BCUT2D eigenvalue weighted by Crippen LogP contribution is 2.20. The van der Waals surface area contributed by atoms with Crippen LogP contribution in [-0.2, 0) is 4.74 Å². The topological polar surface area (TPSA) is 120 Å². The molecule has 4 heterocycles. The third-order valence-corrected chi connectivity index (χ3v) is 5.56. The molecule has 11 heteroatoms. The number of nitrogens with zero attached hydrogens (tertiary/aromatic N) is 6. The number of aromatic nitrogens is 7. The van der Waals surface area contributed by atoms with Crippen LogP contribution in [0.25, 0.3) is 22.5 Å². The van der Waals surface area contributed by atoms with Crippen molar-refractivity contribution in [1.29, 1.82) is 0 Å². The fourth-order valence-electron chi connectivity index (χ4n) is 3.08. The van der Waals surface area contributed by atoms with Crippen LogP contribution in [0.3, 0.4) is 0 Å². The van der Waals surface area contributed by atoms with E-state index in [0.29, 0.717) is 39.3 Å². The second kappa shape index (κ2) is 7.90. The molecule has 4 aromatic heterocycles. The lowest BCUT2D eigenvalue weighted by atomic mass is 10.2. The Morgan fingerprint density at radius 1 is 1.37 bits per heavy atom. The molecule has 10 nitrogen and oxygen atoms in total. The molecule has 4 aromatic rings. The Morgan fingerprint density at radius 3 is 2.90 bits per heavy atom. The number of thioether (sulfide) groups is 1. The minimum absolute atomic E-state index is 0.280. The molecule has 0 aliphatic heterocycles. The number of rotatable bonds is 6. The summed E-state index contributed by atoms with van der Waals surface area (Å²) in [6.45, 7) is 6.03. The van der Waals surface area contributed by atoms with Crippen LogP contribution in [0.15, 0.2) is 28.4 Å². The highest BCUT2D eigenvalue weighted by molar-refractivity contribution is 7.99. The van der Waals surface area contributed by atoms with Crippen molar-refractivity contribution >= 4 is 34.3 Å². The molecule has 0 aromatic carbocycles. The Morgan fingerprint density at radius 2 is 2.17 bits per heavy atom. The zero-order valence-corrected chi connectivity index (χ0v) is 17.9. The quantitative estimate of drug-likeness (QED) is 0.368. The van der Waals surface area contributed by atoms with Gasteiger partial charge in [-0.05, 0) is 25.3 Å². The fraction of sp³-hybridized carbons (Fsp3) is 0.368. The Kier molecular flexibility index (Phi) is 5.29. The molecule has 0 aliphatic rings. The average molecular weight is 427 g/mol. The summed E-state index contributed by atoms with van der Waals surface area (Å²) in [7, 11) is 1.30. The number of carbonyl (C=O) groups excluding carboxylic acids is 1. The third kappa shape index (κ3) is 3.45. The largest absolute Gasteiger partial charge is 0.465 e. The number of methoxy groups -OCH3 is 1. The Balaban J connectivity index is 1.75. The molecule has 0 atom stereocenters. The lowest BCUT2D eigenvalue weighted by Crippen LogP contribution is -2.20. The van der Waals surface area contributed by atoms with Gasteiger partial charge < -0.3 is 4.74 Å². The molecule has 1 N–H and O–H groups in total. The van der Waals surface area contributed by atoms with Crippen molar-refractivity contribution in [2.75, 3.05) is 12.9 Å². The highest BCUT2D eigenvalue weighted by atomic mass is 32.2. The Bertz CT molecular complexity index is 1300. The summed E-state index contributed by atoms with van der Waals surface area (Å²) < 4.78 is 7.68. The highest BCUT2D eigenvalue weighted by Gasteiger charge is 2.21. The molecule has 0 saturated carbocycles. The monoisotopic (exact) mass is 427 g/mol. The summed E-state index contributed by atoms with van der Waals surface area (Å²) in [6.07, 6.45) is 4.09. The normalized spacial score (nSPS) is 11.6. The number of fused-ring (bicyclic) bond motifs is 3. The van der Waals surface area contributed by atoms with Crippen LogP contribution in [0, 0.1) is 12.8 Å². The van der Waals surface area contributed by atoms with E-state index in [1.165, 1.54) is 22.4 Å². The average Bonchev–Trinajstić information content (AvgIpc) is 3.31. The second-order valence-corrected chi connectivity index (χ2v) is 8.27. The molecule has 0 radical (unpaired) electrons. The standard InChI is InChI=1S/C19H21N7O3S/c1-10(2)6-8-30-19-21-18(22-23-19)25-7-5-13-12(16(25)27)9-20-15-14(17(28)29-4)11(3)24-26(13)15/h5,7,9-10H,6,8H2,1-4H3,(H,21,22,23). The molecule has 0 unspecified atom stereocenters. The predicted octanol–water partition coefficient (Wildman–Crippen LogP) is 2.38. The van der Waals surface area contributed by atoms with Gasteiger partial charge in [-0.3, -0.25) is 9.36 Å². The summed E-state index contributed by atoms with van der Waals surface area (Å²) in [5.74, 6) is 1.33. The van der Waals surface area contributed by atoms with Gasteiger partial charge in [-0.1, -0.05) is 25.6 Å². The van der Waals surface area contributed by atoms with Crippen LogP contribution in [0.5, 0.6) is 0 Å². The maximum absolute atomic E-state index is 13.1. The van der Waals surface area contributed by atoms with Crippen LogP contribution in [-0.4, -0.2) is 53.2 Å². The molecular formula is C19H21N7O3S. The maximum atomic E-state index is 13.1. The lowest BCUT2D eigenvalue weighted by Gasteiger charge is -2.05. The van der Waals surface area contributed by atoms with E-state index in [1.807, 2.05) is 0 Å². The van der Waals surface area contributed by atoms with Gasteiger partial charge in [0.1, 0.15) is 5.56 Å². The van der Waals surface area contributed by atoms with Gasteiger partial charge in [-0.25, -0.2) is 19.4 Å². The van der Waals surface area contributed by atoms with Crippen LogP contribution in [0.1, 0.15) is 36.3 Å². The number of hydrogen-bond donors (Lipinski definition) is 1. The molecule has 156 valence electrons. The number of pyridine rings is 1. The first-order valence-corrected chi connectivity index (χ1v) is 10.4. The predicted molar refractivity (Wildman–Crippen MR) is 112 cm³/mol. The molecular weight excluding hydrogens is 406 g/mol. The zero-order chi connectivity index (χ0) is 21.4. The van der Waals surface area contributed by atoms with E-state index in [4.69, 9.17) is 4.74 Å². The number of aromatic amines is 1. The Labute approximate surface area is 175 Å². The van der Waals surface area contributed by atoms with Crippen LogP contribution in [0.2, 0.25) is 0 Å². The van der Waals surface area contributed by atoms with E-state index in [9.17, 15) is 9.59 Å². The molecule has 0 aliphatic carbocycles. The lowest BCUT2D eigenvalue weighted by molar-refractivity contribution is 0.0602. The minimum Gasteiger partial charge on any atom is -0.465 e. The van der Waals surface area contributed by atoms with Gasteiger partial charge in [0.25, 0.3) is 5.56 Å². The van der Waals surface area contributed by atoms with Crippen LogP contribution >= 0.6 is 11.8 Å². The SMILES string of the molecule is COC(=O)c1c(C)nn2c1ncc1c(=O)n(-c3nc(SCCC(C)C)n[nH]3)ccc12. The first-order chi connectivity index (χ1) is 14.4. The number of nitrogens with one attached hydrogen (secondary N) is 1. The van der Waals surface area contributed by atoms with Gasteiger partial charge in [0.05, 0.1) is 23.7 Å². The van der Waals surface area contributed by atoms with E-state index in [1.54, 1.807) is 30.9 Å². The number of H-pyrrole nitrogens is 1. The molecule has 0 amide bonds. The van der Waals surface area contributed by atoms with Crippen molar-refractivity contribution in [3.63, 3.8) is 0 Å². The van der Waals surface area contributed by atoms with Gasteiger partial charge >= 0.3 is 5.97 Å². The number of aryl methyl sites for hydroxylation is 1. The summed E-state index contributed by atoms with van der Waals surface area (Å²) >= 11 is 1.55. The third-order valence-electron chi connectivity index (χ3n) is 4.68. The molecule has 4 rings (SSSR count). The van der Waals surface area contributed by atoms with Gasteiger partial charge in [0, 0.05) is 18.1 Å². The van der Waals surface area contributed by atoms with Crippen molar-refractivity contribution in [2.45, 2.75) is 32.3 Å². The van der Waals surface area contributed by atoms with Crippen molar-refractivity contribution in [2.24, 2.45) is 5.92 Å². The van der Waals surface area contributed by atoms with Crippen LogP contribution in [0.4, 0.5) is 0 Å². The van der Waals surface area contributed by atoms with Crippen molar-refractivity contribution in [3.8, 4) is 5.95 Å². The number of ether oxygens (including phenoxy) is 1. The minimum atomic E-state index is -0.521. The van der Waals surface area contributed by atoms with Crippen molar-refractivity contribution in [1.82, 2.24) is 34.3 Å². The fourth-order valence-corrected chi connectivity index (χ4v) is 4.11. The smallest absolute Gasteiger partial charge is 0.343 e. The number of esters is 1. The van der Waals surface area contributed by atoms with Gasteiger partial charge in [-0.2, -0.15) is 10.1 Å². The number of carbonyl (C=O) groups is 1. The Hall–Kier alpha value is -3.21. The number of hydrogen-bond acceptors (Lipinski definition) is 8. The first-order valence-electron chi connectivity index (χ1n) is 9.44. The summed E-state index contributed by atoms with van der Waals surface area (Å²) in [5, 5.41) is 12.3. The van der Waals surface area contributed by atoms with E-state index < -0.39 is 5.97 Å². The van der Waals surface area contributed by atoms with E-state index in [0.717, 1.165) is 12.2 Å².